The average molecular weight is 420 g/mol. The third-order valence-electron chi connectivity index (χ3n) is 5.83. The van der Waals surface area contributed by atoms with E-state index in [1.807, 2.05) is 44.2 Å². The molecule has 0 saturated heterocycles. The second-order valence-electron chi connectivity index (χ2n) is 8.44. The van der Waals surface area contributed by atoms with Crippen molar-refractivity contribution >= 4 is 33.2 Å². The summed E-state index contributed by atoms with van der Waals surface area (Å²) < 4.78 is 1.29. The van der Waals surface area contributed by atoms with Crippen LogP contribution in [0.1, 0.15) is 57.1 Å². The Morgan fingerprint density at radius 1 is 1.17 bits per heavy atom. The molecule has 0 saturated carbocycles. The lowest BCUT2D eigenvalue weighted by atomic mass is 9.91. The summed E-state index contributed by atoms with van der Waals surface area (Å²) in [6, 6.07) is 18.4. The van der Waals surface area contributed by atoms with Crippen molar-refractivity contribution in [2.75, 3.05) is 6.54 Å². The largest absolute Gasteiger partial charge is 0.338 e. The van der Waals surface area contributed by atoms with E-state index >= 15 is 0 Å². The highest BCUT2D eigenvalue weighted by Gasteiger charge is 2.34. The molecule has 30 heavy (non-hydrogen) atoms. The Morgan fingerprint density at radius 3 is 2.67 bits per heavy atom. The Balaban J connectivity index is 1.57. The summed E-state index contributed by atoms with van der Waals surface area (Å²) in [5.41, 5.74) is 3.02. The van der Waals surface area contributed by atoms with E-state index < -0.39 is 5.54 Å². The topological polar surface area (TPSA) is 44.7 Å². The molecule has 4 nitrogen and oxygen atoms in total. The first-order chi connectivity index (χ1) is 14.5. The standard InChI is InChI=1S/C25H29N3OS/c1-4-5-14-22-20(21-17-30-23-15-10-9-13-19(21)23)16-28(27-22)24(29)26-25(2,3)18-11-7-6-8-12-18/h6-13,15,17,20H,4-5,14,16H2,1-3H3,(H,26,29). The number of amides is 2. The summed E-state index contributed by atoms with van der Waals surface area (Å²) in [5, 5.41) is 13.1. The number of carbonyl (C=O) groups excluding carboxylic acids is 1. The van der Waals surface area contributed by atoms with Gasteiger partial charge in [-0.2, -0.15) is 5.10 Å². The summed E-state index contributed by atoms with van der Waals surface area (Å²) >= 11 is 1.77. The molecule has 1 N–H and O–H groups in total. The van der Waals surface area contributed by atoms with Crippen LogP contribution in [0, 0.1) is 0 Å². The van der Waals surface area contributed by atoms with Crippen molar-refractivity contribution in [1.29, 1.82) is 0 Å². The summed E-state index contributed by atoms with van der Waals surface area (Å²) in [6.07, 6.45) is 3.13. The van der Waals surface area contributed by atoms with Crippen LogP contribution in [0.5, 0.6) is 0 Å². The normalized spacial score (nSPS) is 16.7. The van der Waals surface area contributed by atoms with Crippen molar-refractivity contribution in [3.63, 3.8) is 0 Å². The molecule has 0 radical (unpaired) electrons. The van der Waals surface area contributed by atoms with Gasteiger partial charge in [0.15, 0.2) is 0 Å². The number of hydrazone groups is 1. The van der Waals surface area contributed by atoms with Crippen LogP contribution in [0.2, 0.25) is 0 Å². The molecule has 1 aliphatic heterocycles. The smallest absolute Gasteiger partial charge is 0.328 e. The minimum absolute atomic E-state index is 0.139. The van der Waals surface area contributed by atoms with Crippen LogP contribution in [0.3, 0.4) is 0 Å². The number of benzene rings is 2. The summed E-state index contributed by atoms with van der Waals surface area (Å²) in [5.74, 6) is 0.165. The van der Waals surface area contributed by atoms with Gasteiger partial charge in [-0.15, -0.1) is 11.3 Å². The number of carbonyl (C=O) groups is 1. The second kappa shape index (κ2) is 8.60. The van der Waals surface area contributed by atoms with Gasteiger partial charge in [0.05, 0.1) is 12.1 Å². The highest BCUT2D eigenvalue weighted by Crippen LogP contribution is 2.36. The fourth-order valence-electron chi connectivity index (χ4n) is 4.06. The first-order valence-electron chi connectivity index (χ1n) is 10.7. The number of nitrogens with zero attached hydrogens (tertiary/aromatic N) is 2. The lowest BCUT2D eigenvalue weighted by molar-refractivity contribution is 0.192. The zero-order valence-electron chi connectivity index (χ0n) is 17.9. The van der Waals surface area contributed by atoms with E-state index in [9.17, 15) is 4.79 Å². The molecular weight excluding hydrogens is 390 g/mol. The van der Waals surface area contributed by atoms with E-state index in [1.165, 1.54) is 15.6 Å². The van der Waals surface area contributed by atoms with Gasteiger partial charge in [0.25, 0.3) is 0 Å². The fraction of sp³-hybridized carbons (Fsp3) is 0.360. The Bertz CT molecular complexity index is 1050. The molecule has 2 aromatic carbocycles. The Labute approximate surface area is 182 Å². The minimum atomic E-state index is -0.468. The molecular formula is C25H29N3OS. The van der Waals surface area contributed by atoms with Crippen molar-refractivity contribution in [2.24, 2.45) is 5.10 Å². The van der Waals surface area contributed by atoms with Crippen molar-refractivity contribution in [2.45, 2.75) is 51.5 Å². The van der Waals surface area contributed by atoms with Gasteiger partial charge in [-0.25, -0.2) is 9.80 Å². The van der Waals surface area contributed by atoms with Gasteiger partial charge in [0, 0.05) is 16.3 Å². The van der Waals surface area contributed by atoms with Crippen molar-refractivity contribution < 1.29 is 4.79 Å². The van der Waals surface area contributed by atoms with Gasteiger partial charge in [0.2, 0.25) is 0 Å². The predicted molar refractivity (Wildman–Crippen MR) is 126 cm³/mol. The number of fused-ring (bicyclic) bond motifs is 1. The molecule has 2 heterocycles. The molecule has 4 rings (SSSR count). The fourth-order valence-corrected chi connectivity index (χ4v) is 5.07. The zero-order valence-corrected chi connectivity index (χ0v) is 18.7. The number of nitrogens with one attached hydrogen (secondary N) is 1. The number of urea groups is 1. The molecule has 1 aromatic heterocycles. The number of thiophene rings is 1. The molecule has 5 heteroatoms. The van der Waals surface area contributed by atoms with Gasteiger partial charge in [0.1, 0.15) is 0 Å². The van der Waals surface area contributed by atoms with Crippen molar-refractivity contribution in [3.05, 3.63) is 71.1 Å². The van der Waals surface area contributed by atoms with Crippen LogP contribution in [-0.4, -0.2) is 23.3 Å². The van der Waals surface area contributed by atoms with Crippen LogP contribution in [0.4, 0.5) is 4.79 Å². The maximum atomic E-state index is 13.1. The summed E-state index contributed by atoms with van der Waals surface area (Å²) in [7, 11) is 0. The van der Waals surface area contributed by atoms with Gasteiger partial charge >= 0.3 is 6.03 Å². The van der Waals surface area contributed by atoms with E-state index in [0.29, 0.717) is 6.54 Å². The van der Waals surface area contributed by atoms with E-state index in [4.69, 9.17) is 5.10 Å². The zero-order chi connectivity index (χ0) is 21.1. The van der Waals surface area contributed by atoms with Crippen molar-refractivity contribution in [1.82, 2.24) is 10.3 Å². The molecule has 1 aliphatic rings. The number of unbranched alkanes of at least 4 members (excludes halogenated alkanes) is 1. The van der Waals surface area contributed by atoms with E-state index in [0.717, 1.165) is 30.5 Å². The Morgan fingerprint density at radius 2 is 1.90 bits per heavy atom. The molecule has 1 atom stereocenters. The van der Waals surface area contributed by atoms with Gasteiger partial charge in [-0.1, -0.05) is 61.9 Å². The molecule has 156 valence electrons. The van der Waals surface area contributed by atoms with Crippen LogP contribution in [0.25, 0.3) is 10.1 Å². The number of hydrogen-bond donors (Lipinski definition) is 1. The second-order valence-corrected chi connectivity index (χ2v) is 9.35. The molecule has 0 fully saturated rings. The third-order valence-corrected chi connectivity index (χ3v) is 6.81. The Kier molecular flexibility index (Phi) is 5.91. The summed E-state index contributed by atoms with van der Waals surface area (Å²) in [4.78, 5) is 13.1. The van der Waals surface area contributed by atoms with Gasteiger partial charge in [-0.05, 0) is 54.6 Å². The van der Waals surface area contributed by atoms with Crippen molar-refractivity contribution in [3.8, 4) is 0 Å². The molecule has 0 bridgehead atoms. The molecule has 0 aliphatic carbocycles. The maximum absolute atomic E-state index is 13.1. The van der Waals surface area contributed by atoms with E-state index in [1.54, 1.807) is 16.3 Å². The maximum Gasteiger partial charge on any atom is 0.338 e. The average Bonchev–Trinajstić information content (AvgIpc) is 3.36. The molecule has 1 unspecified atom stereocenters. The monoisotopic (exact) mass is 419 g/mol. The first-order valence-corrected chi connectivity index (χ1v) is 11.6. The lowest BCUT2D eigenvalue weighted by Crippen LogP contribution is -2.46. The number of rotatable bonds is 6. The molecule has 0 spiro atoms. The summed E-state index contributed by atoms with van der Waals surface area (Å²) in [6.45, 7) is 6.84. The highest BCUT2D eigenvalue weighted by atomic mass is 32.1. The van der Waals surface area contributed by atoms with Crippen LogP contribution in [-0.2, 0) is 5.54 Å². The van der Waals surface area contributed by atoms with E-state index in [2.05, 4.69) is 41.9 Å². The first kappa shape index (κ1) is 20.6. The van der Waals surface area contributed by atoms with Crippen LogP contribution in [0.15, 0.2) is 65.1 Å². The van der Waals surface area contributed by atoms with E-state index in [-0.39, 0.29) is 11.9 Å². The third kappa shape index (κ3) is 4.12. The molecule has 2 amide bonds. The highest BCUT2D eigenvalue weighted by molar-refractivity contribution is 7.17. The van der Waals surface area contributed by atoms with Crippen LogP contribution < -0.4 is 5.32 Å². The minimum Gasteiger partial charge on any atom is -0.328 e. The molecule has 3 aromatic rings. The van der Waals surface area contributed by atoms with Gasteiger partial charge in [-0.3, -0.25) is 0 Å². The number of hydrogen-bond acceptors (Lipinski definition) is 3. The predicted octanol–water partition coefficient (Wildman–Crippen LogP) is 6.49. The Hall–Kier alpha value is -2.66. The van der Waals surface area contributed by atoms with Gasteiger partial charge < -0.3 is 5.32 Å². The SMILES string of the molecule is CCCCC1=NN(C(=O)NC(C)(C)c2ccccc2)CC1c1csc2ccccc12. The quantitative estimate of drug-likeness (QED) is 0.487. The lowest BCUT2D eigenvalue weighted by Gasteiger charge is -2.28. The van der Waals surface area contributed by atoms with Crippen LogP contribution >= 0.6 is 11.3 Å².